The molecule has 0 aromatic rings. The topological polar surface area (TPSA) is 92.5 Å². The van der Waals surface area contributed by atoms with Crippen molar-refractivity contribution in [2.75, 3.05) is 26.7 Å². The summed E-state index contributed by atoms with van der Waals surface area (Å²) in [4.78, 5) is 2.52. The minimum absolute atomic E-state index is 0.255. The molecule has 0 atom stereocenters. The van der Waals surface area contributed by atoms with Crippen molar-refractivity contribution < 1.29 is 10.4 Å². The molecular formula is C23H47N5O2. The molecule has 0 saturated carbocycles. The number of hydrogen-bond acceptors (Lipinski definition) is 7. The van der Waals surface area contributed by atoms with E-state index >= 15 is 0 Å². The highest BCUT2D eigenvalue weighted by Gasteiger charge is 2.33. The van der Waals surface area contributed by atoms with Gasteiger partial charge in [0.05, 0.1) is 22.5 Å². The van der Waals surface area contributed by atoms with Crippen molar-refractivity contribution in [3.8, 4) is 0 Å². The normalized spacial score (nSPS) is 26.5. The highest BCUT2D eigenvalue weighted by atomic mass is 16.4. The van der Waals surface area contributed by atoms with Gasteiger partial charge >= 0.3 is 0 Å². The van der Waals surface area contributed by atoms with E-state index < -0.39 is 11.1 Å². The van der Waals surface area contributed by atoms with Crippen LogP contribution in [-0.4, -0.2) is 70.0 Å². The smallest absolute Gasteiger partial charge is 0.0823 e. The molecule has 7 nitrogen and oxygen atoms in total. The number of oxime groups is 2. The van der Waals surface area contributed by atoms with Gasteiger partial charge in [-0.25, -0.2) is 0 Å². The molecule has 176 valence electrons. The zero-order chi connectivity index (χ0) is 23.0. The molecule has 7 heteroatoms. The molecule has 1 heterocycles. The Bertz CT molecular complexity index is 546. The van der Waals surface area contributed by atoms with Crippen molar-refractivity contribution in [1.29, 1.82) is 0 Å². The van der Waals surface area contributed by atoms with E-state index in [9.17, 15) is 10.4 Å². The summed E-state index contributed by atoms with van der Waals surface area (Å²) < 4.78 is 0. The van der Waals surface area contributed by atoms with E-state index in [0.29, 0.717) is 23.8 Å². The van der Waals surface area contributed by atoms with Crippen LogP contribution < -0.4 is 10.6 Å². The van der Waals surface area contributed by atoms with E-state index in [4.69, 9.17) is 0 Å². The third-order valence-electron chi connectivity index (χ3n) is 7.58. The molecule has 0 amide bonds. The zero-order valence-corrected chi connectivity index (χ0v) is 20.7. The Balaban J connectivity index is 2.94. The molecule has 1 rings (SSSR count). The van der Waals surface area contributed by atoms with Crippen molar-refractivity contribution in [3.05, 3.63) is 0 Å². The van der Waals surface area contributed by atoms with Gasteiger partial charge in [-0.15, -0.1) is 0 Å². The van der Waals surface area contributed by atoms with E-state index in [-0.39, 0.29) is 5.54 Å². The SMILES string of the molecule is CCC(C)(CC)N(C)CCC1CCNC(C)(C)/C(=N\O)C/C(=N/O)C(C)(C)NCC1. The van der Waals surface area contributed by atoms with Crippen molar-refractivity contribution >= 4 is 11.4 Å². The average Bonchev–Trinajstić information content (AvgIpc) is 2.70. The number of nitrogens with one attached hydrogen (secondary N) is 2. The summed E-state index contributed by atoms with van der Waals surface area (Å²) in [6.07, 6.45) is 5.93. The van der Waals surface area contributed by atoms with Crippen LogP contribution in [0.15, 0.2) is 10.3 Å². The average molecular weight is 426 g/mol. The van der Waals surface area contributed by atoms with Crippen molar-refractivity contribution in [3.63, 3.8) is 0 Å². The summed E-state index contributed by atoms with van der Waals surface area (Å²) in [5.41, 5.74) is 0.437. The Morgan fingerprint density at radius 3 is 1.77 bits per heavy atom. The first kappa shape index (κ1) is 26.9. The molecular weight excluding hydrogens is 378 g/mol. The fourth-order valence-corrected chi connectivity index (χ4v) is 4.17. The predicted octanol–water partition coefficient (Wildman–Crippen LogP) is 4.08. The highest BCUT2D eigenvalue weighted by Crippen LogP contribution is 2.24. The first-order chi connectivity index (χ1) is 14.0. The van der Waals surface area contributed by atoms with Crippen molar-refractivity contribution in [2.45, 2.75) is 104 Å². The minimum Gasteiger partial charge on any atom is -0.411 e. The summed E-state index contributed by atoms with van der Waals surface area (Å²) in [5, 5.41) is 33.4. The summed E-state index contributed by atoms with van der Waals surface area (Å²) in [6, 6.07) is 0. The Morgan fingerprint density at radius 1 is 0.967 bits per heavy atom. The summed E-state index contributed by atoms with van der Waals surface area (Å²) in [5.74, 6) is 0.584. The lowest BCUT2D eigenvalue weighted by Gasteiger charge is -2.39. The summed E-state index contributed by atoms with van der Waals surface area (Å²) in [7, 11) is 2.25. The Kier molecular flexibility index (Phi) is 10.2. The molecule has 1 aliphatic rings. The van der Waals surface area contributed by atoms with Gasteiger partial charge in [0, 0.05) is 12.0 Å². The molecule has 0 spiro atoms. The standard InChI is InChI=1S/C23H47N5O2/c1-9-23(7,10-2)28(8)16-13-18-11-14-24-21(3,4)19(26-29)17-20(27-30)22(5,6)25-15-12-18/h18,24-25,29-30H,9-17H2,1-8H3/b26-19-,27-20-. The van der Waals surface area contributed by atoms with Crippen LogP contribution >= 0.6 is 0 Å². The van der Waals surface area contributed by atoms with E-state index in [1.54, 1.807) is 0 Å². The Hall–Kier alpha value is -1.18. The molecule has 1 saturated heterocycles. The van der Waals surface area contributed by atoms with Gasteiger partial charge in [0.25, 0.3) is 0 Å². The van der Waals surface area contributed by atoms with Gasteiger partial charge in [0.1, 0.15) is 0 Å². The van der Waals surface area contributed by atoms with E-state index in [0.717, 1.165) is 51.7 Å². The first-order valence-electron chi connectivity index (χ1n) is 11.6. The van der Waals surface area contributed by atoms with E-state index in [1.807, 2.05) is 27.7 Å². The van der Waals surface area contributed by atoms with E-state index in [2.05, 4.69) is 53.7 Å². The lowest BCUT2D eigenvalue weighted by Crippen LogP contribution is -2.53. The quantitative estimate of drug-likeness (QED) is 0.380. The van der Waals surface area contributed by atoms with Gasteiger partial charge in [0.2, 0.25) is 0 Å². The van der Waals surface area contributed by atoms with Crippen LogP contribution in [0, 0.1) is 5.92 Å². The minimum atomic E-state index is -0.482. The lowest BCUT2D eigenvalue weighted by atomic mass is 9.86. The lowest BCUT2D eigenvalue weighted by molar-refractivity contribution is 0.116. The number of rotatable bonds is 6. The maximum Gasteiger partial charge on any atom is 0.0823 e. The molecule has 0 aliphatic carbocycles. The highest BCUT2D eigenvalue weighted by molar-refractivity contribution is 6.11. The second-order valence-corrected chi connectivity index (χ2v) is 10.2. The Morgan fingerprint density at radius 2 is 1.40 bits per heavy atom. The van der Waals surface area contributed by atoms with Gasteiger partial charge in [-0.1, -0.05) is 24.2 Å². The van der Waals surface area contributed by atoms with Crippen LogP contribution in [0.25, 0.3) is 0 Å². The fourth-order valence-electron chi connectivity index (χ4n) is 4.17. The van der Waals surface area contributed by atoms with E-state index in [1.165, 1.54) is 0 Å². The molecule has 0 radical (unpaired) electrons. The third-order valence-corrected chi connectivity index (χ3v) is 7.58. The molecule has 4 N–H and O–H groups in total. The molecule has 1 aliphatic heterocycles. The second-order valence-electron chi connectivity index (χ2n) is 10.2. The van der Waals surface area contributed by atoms with Gasteiger partial charge in [0.15, 0.2) is 0 Å². The molecule has 0 bridgehead atoms. The Labute approximate surface area is 184 Å². The van der Waals surface area contributed by atoms with Gasteiger partial charge < -0.3 is 25.9 Å². The predicted molar refractivity (Wildman–Crippen MR) is 126 cm³/mol. The first-order valence-corrected chi connectivity index (χ1v) is 11.6. The second kappa shape index (κ2) is 11.4. The van der Waals surface area contributed by atoms with Gasteiger partial charge in [-0.05, 0) is 99.3 Å². The summed E-state index contributed by atoms with van der Waals surface area (Å²) >= 11 is 0. The number of nitrogens with zero attached hydrogens (tertiary/aromatic N) is 3. The maximum absolute atomic E-state index is 9.62. The molecule has 0 aromatic carbocycles. The maximum atomic E-state index is 9.62. The van der Waals surface area contributed by atoms with Crippen LogP contribution in [0.3, 0.4) is 0 Å². The van der Waals surface area contributed by atoms with Crippen LogP contribution in [0.1, 0.15) is 87.0 Å². The molecule has 0 aromatic heterocycles. The molecule has 1 fully saturated rings. The zero-order valence-electron chi connectivity index (χ0n) is 20.7. The third kappa shape index (κ3) is 7.20. The van der Waals surface area contributed by atoms with Gasteiger partial charge in [-0.3, -0.25) is 0 Å². The van der Waals surface area contributed by atoms with Crippen LogP contribution in [-0.2, 0) is 0 Å². The molecule has 30 heavy (non-hydrogen) atoms. The molecule has 0 unspecified atom stereocenters. The monoisotopic (exact) mass is 425 g/mol. The summed E-state index contributed by atoms with van der Waals surface area (Å²) in [6.45, 7) is 17.8. The van der Waals surface area contributed by atoms with Crippen molar-refractivity contribution in [2.24, 2.45) is 16.2 Å². The van der Waals surface area contributed by atoms with Gasteiger partial charge in [-0.2, -0.15) is 0 Å². The fraction of sp³-hybridized carbons (Fsp3) is 0.913. The van der Waals surface area contributed by atoms with Crippen LogP contribution in [0.5, 0.6) is 0 Å². The number of hydrogen-bond donors (Lipinski definition) is 4. The largest absolute Gasteiger partial charge is 0.411 e. The van der Waals surface area contributed by atoms with Crippen LogP contribution in [0.2, 0.25) is 0 Å². The van der Waals surface area contributed by atoms with Crippen LogP contribution in [0.4, 0.5) is 0 Å². The van der Waals surface area contributed by atoms with Crippen molar-refractivity contribution in [1.82, 2.24) is 15.5 Å².